The third kappa shape index (κ3) is 5.07. The number of carbonyl (C=O) groups excluding carboxylic acids is 1. The lowest BCUT2D eigenvalue weighted by Crippen LogP contribution is -2.29. The van der Waals surface area contributed by atoms with Crippen molar-refractivity contribution in [3.8, 4) is 0 Å². The Balaban J connectivity index is 0.000000179. The smallest absolute Gasteiger partial charge is 0.333 e. The molecule has 1 aliphatic rings. The second-order valence-corrected chi connectivity index (χ2v) is 7.14. The standard InChI is InChI=1S/C12H10FNO3.C10H13N3O/c13-8-3-1-7(2-4-8)9-5-11(15)14-6-10(9)12(16)17;1-7-4-8-6-12-13(2-3-14)10(8)5-9(7)11/h1-4,6,9H,5H2,(H,14,15)(H,16,17);4-6,14H,2-3,11H2,1H3/t9-;/m0./s1. The normalized spacial score (nSPS) is 15.6. The van der Waals surface area contributed by atoms with Gasteiger partial charge in [0.25, 0.3) is 0 Å². The number of aliphatic hydroxyl groups excluding tert-OH is 1. The molecule has 1 atom stereocenters. The molecule has 9 heteroatoms. The highest BCUT2D eigenvalue weighted by molar-refractivity contribution is 5.93. The lowest BCUT2D eigenvalue weighted by atomic mass is 9.86. The highest BCUT2D eigenvalue weighted by Gasteiger charge is 2.28. The van der Waals surface area contributed by atoms with Gasteiger partial charge in [-0.25, -0.2) is 9.18 Å². The fourth-order valence-electron chi connectivity index (χ4n) is 3.35. The van der Waals surface area contributed by atoms with Crippen molar-refractivity contribution < 1.29 is 24.2 Å². The van der Waals surface area contributed by atoms with Crippen molar-refractivity contribution in [2.24, 2.45) is 0 Å². The summed E-state index contributed by atoms with van der Waals surface area (Å²) >= 11 is 0. The van der Waals surface area contributed by atoms with Crippen LogP contribution in [-0.4, -0.2) is 38.5 Å². The maximum Gasteiger partial charge on any atom is 0.333 e. The quantitative estimate of drug-likeness (QED) is 0.474. The zero-order chi connectivity index (χ0) is 22.5. The van der Waals surface area contributed by atoms with E-state index in [1.807, 2.05) is 19.1 Å². The van der Waals surface area contributed by atoms with E-state index >= 15 is 0 Å². The first-order valence-corrected chi connectivity index (χ1v) is 9.61. The molecule has 0 radical (unpaired) electrons. The van der Waals surface area contributed by atoms with E-state index in [1.54, 1.807) is 10.9 Å². The van der Waals surface area contributed by atoms with Gasteiger partial charge in [0.05, 0.1) is 30.4 Å². The van der Waals surface area contributed by atoms with E-state index in [0.29, 0.717) is 12.1 Å². The van der Waals surface area contributed by atoms with Crippen molar-refractivity contribution in [3.63, 3.8) is 0 Å². The number of nitrogen functional groups attached to an aromatic ring is 1. The number of nitrogens with zero attached hydrogens (tertiary/aromatic N) is 2. The Kier molecular flexibility index (Phi) is 6.66. The Morgan fingerprint density at radius 1 is 1.32 bits per heavy atom. The molecule has 0 saturated heterocycles. The van der Waals surface area contributed by atoms with Gasteiger partial charge in [0.15, 0.2) is 0 Å². The Bertz CT molecular complexity index is 1140. The molecule has 0 aliphatic carbocycles. The van der Waals surface area contributed by atoms with Crippen LogP contribution in [0.4, 0.5) is 10.1 Å². The third-order valence-electron chi connectivity index (χ3n) is 5.01. The number of carboxylic acid groups (broad SMARTS) is 1. The minimum atomic E-state index is -1.08. The predicted molar refractivity (Wildman–Crippen MR) is 114 cm³/mol. The monoisotopic (exact) mass is 426 g/mol. The van der Waals surface area contributed by atoms with Crippen LogP contribution >= 0.6 is 0 Å². The summed E-state index contributed by atoms with van der Waals surface area (Å²) in [6.45, 7) is 2.56. The predicted octanol–water partition coefficient (Wildman–Crippen LogP) is 2.32. The first kappa shape index (κ1) is 22.0. The van der Waals surface area contributed by atoms with Gasteiger partial charge in [-0.2, -0.15) is 5.10 Å². The van der Waals surface area contributed by atoms with Crippen LogP contribution in [0.5, 0.6) is 0 Å². The highest BCUT2D eigenvalue weighted by Crippen LogP contribution is 2.30. The van der Waals surface area contributed by atoms with E-state index < -0.39 is 17.7 Å². The Morgan fingerprint density at radius 2 is 2.03 bits per heavy atom. The number of nitrogens with one attached hydrogen (secondary N) is 1. The molecule has 0 spiro atoms. The molecule has 162 valence electrons. The Labute approximate surface area is 177 Å². The number of carboxylic acids is 1. The number of aromatic nitrogens is 2. The van der Waals surface area contributed by atoms with Gasteiger partial charge in [0.1, 0.15) is 5.82 Å². The topological polar surface area (TPSA) is 130 Å². The largest absolute Gasteiger partial charge is 0.478 e. The maximum absolute atomic E-state index is 12.8. The molecule has 8 nitrogen and oxygen atoms in total. The SMILES string of the molecule is Cc1cc2cnn(CCO)c2cc1N.O=C1C[C@@H](c2ccc(F)cc2)C(C(=O)O)=CN1. The van der Waals surface area contributed by atoms with Gasteiger partial charge in [-0.05, 0) is 42.3 Å². The zero-order valence-electron chi connectivity index (χ0n) is 16.9. The number of carbonyl (C=O) groups is 2. The second-order valence-electron chi connectivity index (χ2n) is 7.14. The molecule has 31 heavy (non-hydrogen) atoms. The van der Waals surface area contributed by atoms with Crippen LogP contribution in [0.1, 0.15) is 23.5 Å². The van der Waals surface area contributed by atoms with Gasteiger partial charge in [-0.3, -0.25) is 9.48 Å². The molecule has 5 N–H and O–H groups in total. The molecule has 2 aromatic carbocycles. The number of hydrogen-bond acceptors (Lipinski definition) is 5. The molecular formula is C22H23FN4O4. The number of nitrogens with two attached hydrogens (primary N) is 1. The number of aryl methyl sites for hydroxylation is 1. The molecule has 4 rings (SSSR count). The second kappa shape index (κ2) is 9.40. The van der Waals surface area contributed by atoms with Gasteiger partial charge in [-0.15, -0.1) is 0 Å². The van der Waals surface area contributed by atoms with Crippen LogP contribution in [0.2, 0.25) is 0 Å². The molecule has 1 amide bonds. The summed E-state index contributed by atoms with van der Waals surface area (Å²) < 4.78 is 14.5. The molecule has 0 fully saturated rings. The minimum absolute atomic E-state index is 0.0593. The van der Waals surface area contributed by atoms with Gasteiger partial charge in [0, 0.05) is 29.6 Å². The molecule has 1 aromatic heterocycles. The van der Waals surface area contributed by atoms with Crippen molar-refractivity contribution in [2.75, 3.05) is 12.3 Å². The number of aliphatic hydroxyl groups is 1. The summed E-state index contributed by atoms with van der Waals surface area (Å²) in [4.78, 5) is 22.3. The number of fused-ring (bicyclic) bond motifs is 1. The summed E-state index contributed by atoms with van der Waals surface area (Å²) in [7, 11) is 0. The van der Waals surface area contributed by atoms with E-state index in [9.17, 15) is 14.0 Å². The molecule has 0 bridgehead atoms. The van der Waals surface area contributed by atoms with Crippen molar-refractivity contribution in [1.29, 1.82) is 0 Å². The molecule has 2 heterocycles. The van der Waals surface area contributed by atoms with E-state index in [0.717, 1.165) is 22.2 Å². The van der Waals surface area contributed by atoms with E-state index in [1.165, 1.54) is 30.5 Å². The summed E-state index contributed by atoms with van der Waals surface area (Å²) in [5.41, 5.74) is 9.33. The van der Waals surface area contributed by atoms with Gasteiger partial charge in [-0.1, -0.05) is 12.1 Å². The first-order valence-electron chi connectivity index (χ1n) is 9.61. The van der Waals surface area contributed by atoms with Gasteiger partial charge < -0.3 is 21.3 Å². The van der Waals surface area contributed by atoms with Crippen molar-refractivity contribution in [1.82, 2.24) is 15.1 Å². The van der Waals surface area contributed by atoms with Crippen LogP contribution in [-0.2, 0) is 16.1 Å². The maximum atomic E-state index is 12.8. The van der Waals surface area contributed by atoms with E-state index in [2.05, 4.69) is 10.4 Å². The average molecular weight is 426 g/mol. The van der Waals surface area contributed by atoms with Crippen LogP contribution < -0.4 is 11.1 Å². The molecule has 0 unspecified atom stereocenters. The molecular weight excluding hydrogens is 403 g/mol. The van der Waals surface area contributed by atoms with Crippen molar-refractivity contribution in [2.45, 2.75) is 25.8 Å². The minimum Gasteiger partial charge on any atom is -0.478 e. The number of benzene rings is 2. The Hall–Kier alpha value is -3.72. The number of rotatable bonds is 4. The summed E-state index contributed by atoms with van der Waals surface area (Å²) in [5.74, 6) is -2.25. The number of anilines is 1. The van der Waals surface area contributed by atoms with E-state index in [4.69, 9.17) is 15.9 Å². The van der Waals surface area contributed by atoms with E-state index in [-0.39, 0.29) is 24.5 Å². The van der Waals surface area contributed by atoms with Crippen LogP contribution in [0.25, 0.3) is 10.9 Å². The first-order chi connectivity index (χ1) is 14.8. The van der Waals surface area contributed by atoms with Crippen LogP contribution in [0, 0.1) is 12.7 Å². The van der Waals surface area contributed by atoms with Crippen LogP contribution in [0.15, 0.2) is 54.4 Å². The highest BCUT2D eigenvalue weighted by atomic mass is 19.1. The molecule has 3 aromatic rings. The fourth-order valence-corrected chi connectivity index (χ4v) is 3.35. The van der Waals surface area contributed by atoms with Crippen molar-refractivity contribution in [3.05, 3.63) is 71.3 Å². The van der Waals surface area contributed by atoms with Crippen LogP contribution in [0.3, 0.4) is 0 Å². The molecule has 1 aliphatic heterocycles. The lowest BCUT2D eigenvalue weighted by molar-refractivity contribution is -0.133. The fraction of sp³-hybridized carbons (Fsp3) is 0.227. The van der Waals surface area contributed by atoms with Gasteiger partial charge >= 0.3 is 5.97 Å². The third-order valence-corrected chi connectivity index (χ3v) is 5.01. The summed E-state index contributed by atoms with van der Waals surface area (Å²) in [6, 6.07) is 9.40. The number of halogens is 1. The summed E-state index contributed by atoms with van der Waals surface area (Å²) in [6.07, 6.45) is 3.05. The molecule has 0 saturated carbocycles. The zero-order valence-corrected chi connectivity index (χ0v) is 16.9. The van der Waals surface area contributed by atoms with Gasteiger partial charge in [0.2, 0.25) is 5.91 Å². The average Bonchev–Trinajstić information content (AvgIpc) is 3.11. The lowest BCUT2D eigenvalue weighted by Gasteiger charge is -2.21. The number of amides is 1. The van der Waals surface area contributed by atoms with Crippen molar-refractivity contribution >= 4 is 28.5 Å². The number of hydrogen-bond donors (Lipinski definition) is 4. The Morgan fingerprint density at radius 3 is 2.68 bits per heavy atom. The number of aliphatic carboxylic acids is 1. The summed E-state index contributed by atoms with van der Waals surface area (Å²) in [5, 5.41) is 25.4.